The molecule has 0 spiro atoms. The third kappa shape index (κ3) is 3.90. The number of halogens is 1. The Morgan fingerprint density at radius 3 is 2.79 bits per heavy atom. The van der Waals surface area contributed by atoms with Crippen LogP contribution in [0, 0.1) is 18.7 Å². The van der Waals surface area contributed by atoms with Crippen molar-refractivity contribution in [1.29, 1.82) is 0 Å². The van der Waals surface area contributed by atoms with E-state index in [0.29, 0.717) is 5.56 Å². The minimum atomic E-state index is -3.83. The molecule has 0 saturated heterocycles. The van der Waals surface area contributed by atoms with Gasteiger partial charge in [0.05, 0.1) is 4.90 Å². The molecular formula is C11H16FN3O3S. The molecule has 0 saturated carbocycles. The first kappa shape index (κ1) is 15.4. The molecule has 0 aliphatic rings. The Labute approximate surface area is 111 Å². The molecule has 6 nitrogen and oxygen atoms in total. The maximum absolute atomic E-state index is 13.1. The molecular weight excluding hydrogens is 273 g/mol. The molecule has 1 aromatic carbocycles. The zero-order chi connectivity index (χ0) is 14.6. The Balaban J connectivity index is 2.91. The van der Waals surface area contributed by atoms with Crippen LogP contribution in [0.25, 0.3) is 0 Å². The van der Waals surface area contributed by atoms with Gasteiger partial charge in [-0.05, 0) is 24.6 Å². The zero-order valence-electron chi connectivity index (χ0n) is 10.6. The lowest BCUT2D eigenvalue weighted by Gasteiger charge is -2.13. The molecule has 1 rings (SSSR count). The number of nitrogens with zero attached hydrogens (tertiary/aromatic N) is 1. The van der Waals surface area contributed by atoms with Gasteiger partial charge < -0.3 is 10.9 Å². The van der Waals surface area contributed by atoms with Crippen molar-refractivity contribution in [2.24, 2.45) is 16.8 Å². The maximum atomic E-state index is 13.1. The molecule has 4 N–H and O–H groups in total. The molecule has 0 bridgehead atoms. The highest BCUT2D eigenvalue weighted by Gasteiger charge is 2.19. The van der Waals surface area contributed by atoms with Crippen LogP contribution in [-0.2, 0) is 10.0 Å². The Morgan fingerprint density at radius 2 is 2.21 bits per heavy atom. The van der Waals surface area contributed by atoms with Crippen LogP contribution in [0.15, 0.2) is 28.3 Å². The number of sulfonamides is 1. The molecule has 19 heavy (non-hydrogen) atoms. The first-order valence-corrected chi connectivity index (χ1v) is 6.99. The van der Waals surface area contributed by atoms with Gasteiger partial charge in [0, 0.05) is 12.5 Å². The molecule has 1 atom stereocenters. The lowest BCUT2D eigenvalue weighted by atomic mass is 10.2. The van der Waals surface area contributed by atoms with Gasteiger partial charge in [0.15, 0.2) is 0 Å². The third-order valence-corrected chi connectivity index (χ3v) is 4.21. The van der Waals surface area contributed by atoms with E-state index in [4.69, 9.17) is 10.9 Å². The van der Waals surface area contributed by atoms with Crippen molar-refractivity contribution in [1.82, 2.24) is 4.72 Å². The van der Waals surface area contributed by atoms with Crippen molar-refractivity contribution in [3.63, 3.8) is 0 Å². The van der Waals surface area contributed by atoms with Gasteiger partial charge >= 0.3 is 0 Å². The summed E-state index contributed by atoms with van der Waals surface area (Å²) in [6.07, 6.45) is 0. The fourth-order valence-electron chi connectivity index (χ4n) is 1.38. The van der Waals surface area contributed by atoms with Gasteiger partial charge in [-0.1, -0.05) is 18.1 Å². The van der Waals surface area contributed by atoms with Crippen molar-refractivity contribution < 1.29 is 18.0 Å². The molecule has 0 aromatic heterocycles. The smallest absolute Gasteiger partial charge is 0.240 e. The summed E-state index contributed by atoms with van der Waals surface area (Å²) in [4.78, 5) is -0.126. The first-order valence-electron chi connectivity index (χ1n) is 5.51. The number of nitrogens with one attached hydrogen (secondary N) is 1. The second-order valence-corrected chi connectivity index (χ2v) is 5.92. The van der Waals surface area contributed by atoms with Crippen LogP contribution >= 0.6 is 0 Å². The van der Waals surface area contributed by atoms with E-state index in [-0.39, 0.29) is 17.3 Å². The third-order valence-electron chi connectivity index (χ3n) is 2.64. The quantitative estimate of drug-likeness (QED) is 0.322. The van der Waals surface area contributed by atoms with Gasteiger partial charge in [-0.2, -0.15) is 0 Å². The van der Waals surface area contributed by atoms with Crippen LogP contribution in [0.3, 0.4) is 0 Å². The number of aryl methyl sites for hydroxylation is 1. The van der Waals surface area contributed by atoms with Gasteiger partial charge in [-0.25, -0.2) is 17.5 Å². The van der Waals surface area contributed by atoms with E-state index in [9.17, 15) is 12.8 Å². The van der Waals surface area contributed by atoms with Crippen molar-refractivity contribution in [3.8, 4) is 0 Å². The van der Waals surface area contributed by atoms with E-state index in [2.05, 4.69) is 9.88 Å². The summed E-state index contributed by atoms with van der Waals surface area (Å²) >= 11 is 0. The summed E-state index contributed by atoms with van der Waals surface area (Å²) < 4.78 is 39.4. The molecule has 0 heterocycles. The fourth-order valence-corrected chi connectivity index (χ4v) is 2.76. The van der Waals surface area contributed by atoms with E-state index < -0.39 is 21.8 Å². The minimum absolute atomic E-state index is 0.0474. The second kappa shape index (κ2) is 5.98. The number of nitrogens with two attached hydrogens (primary N) is 1. The lowest BCUT2D eigenvalue weighted by Crippen LogP contribution is -2.35. The Bertz CT molecular complexity index is 587. The van der Waals surface area contributed by atoms with Crippen LogP contribution in [0.5, 0.6) is 0 Å². The second-order valence-electron chi connectivity index (χ2n) is 4.19. The average Bonchev–Trinajstić information content (AvgIpc) is 2.37. The Kier molecular flexibility index (Phi) is 4.84. The summed E-state index contributed by atoms with van der Waals surface area (Å²) in [5, 5.41) is 11.3. The van der Waals surface area contributed by atoms with Gasteiger partial charge in [0.25, 0.3) is 0 Å². The maximum Gasteiger partial charge on any atom is 0.240 e. The largest absolute Gasteiger partial charge is 0.409 e. The average molecular weight is 289 g/mol. The topological polar surface area (TPSA) is 105 Å². The molecule has 106 valence electrons. The van der Waals surface area contributed by atoms with Crippen LogP contribution in [0.1, 0.15) is 12.5 Å². The summed E-state index contributed by atoms with van der Waals surface area (Å²) in [5.41, 5.74) is 5.78. The molecule has 0 fully saturated rings. The van der Waals surface area contributed by atoms with Crippen LogP contribution < -0.4 is 10.5 Å². The highest BCUT2D eigenvalue weighted by molar-refractivity contribution is 7.89. The predicted molar refractivity (Wildman–Crippen MR) is 68.9 cm³/mol. The van der Waals surface area contributed by atoms with E-state index in [1.165, 1.54) is 12.1 Å². The summed E-state index contributed by atoms with van der Waals surface area (Å²) in [6.45, 7) is 3.12. The van der Waals surface area contributed by atoms with Crippen LogP contribution in [0.2, 0.25) is 0 Å². The van der Waals surface area contributed by atoms with Gasteiger partial charge in [-0.15, -0.1) is 0 Å². The SMILES string of the molecule is Cc1ccc(F)cc1S(=O)(=O)NCC(C)/C(N)=N/O. The standard InChI is InChI=1S/C11H16FN3O3S/c1-7-3-4-9(12)5-10(7)19(17,18)14-6-8(2)11(13)15-16/h3-5,8,14,16H,6H2,1-2H3,(H2,13,15). The van der Waals surface area contributed by atoms with Crippen molar-refractivity contribution in [2.45, 2.75) is 18.7 Å². The van der Waals surface area contributed by atoms with Crippen molar-refractivity contribution >= 4 is 15.9 Å². The zero-order valence-corrected chi connectivity index (χ0v) is 11.4. The number of amidine groups is 1. The predicted octanol–water partition coefficient (Wildman–Crippen LogP) is 0.795. The van der Waals surface area contributed by atoms with E-state index in [1.54, 1.807) is 13.8 Å². The van der Waals surface area contributed by atoms with E-state index >= 15 is 0 Å². The number of hydrogen-bond acceptors (Lipinski definition) is 4. The summed E-state index contributed by atoms with van der Waals surface area (Å²) in [6, 6.07) is 3.52. The lowest BCUT2D eigenvalue weighted by molar-refractivity contribution is 0.314. The Hall–Kier alpha value is -1.67. The van der Waals surface area contributed by atoms with Crippen LogP contribution in [-0.4, -0.2) is 26.0 Å². The van der Waals surface area contributed by atoms with E-state index in [0.717, 1.165) is 6.07 Å². The number of rotatable bonds is 5. The minimum Gasteiger partial charge on any atom is -0.409 e. The van der Waals surface area contributed by atoms with Crippen molar-refractivity contribution in [3.05, 3.63) is 29.6 Å². The molecule has 0 amide bonds. The van der Waals surface area contributed by atoms with Crippen molar-refractivity contribution in [2.75, 3.05) is 6.54 Å². The normalized spacial score (nSPS) is 14.4. The highest BCUT2D eigenvalue weighted by Crippen LogP contribution is 2.16. The van der Waals surface area contributed by atoms with Crippen LogP contribution in [0.4, 0.5) is 4.39 Å². The monoisotopic (exact) mass is 289 g/mol. The molecule has 1 aromatic rings. The molecule has 0 radical (unpaired) electrons. The van der Waals surface area contributed by atoms with Gasteiger partial charge in [0.1, 0.15) is 11.7 Å². The summed E-state index contributed by atoms with van der Waals surface area (Å²) in [7, 11) is -3.83. The Morgan fingerprint density at radius 1 is 1.58 bits per heavy atom. The number of benzene rings is 1. The van der Waals surface area contributed by atoms with Gasteiger partial charge in [-0.3, -0.25) is 0 Å². The number of hydrogen-bond donors (Lipinski definition) is 3. The highest BCUT2D eigenvalue weighted by atomic mass is 32.2. The first-order chi connectivity index (χ1) is 8.77. The van der Waals surface area contributed by atoms with E-state index in [1.807, 2.05) is 0 Å². The molecule has 1 unspecified atom stereocenters. The number of oxime groups is 1. The fraction of sp³-hybridized carbons (Fsp3) is 0.364. The summed E-state index contributed by atoms with van der Waals surface area (Å²) in [5.74, 6) is -1.19. The molecule has 8 heteroatoms. The molecule has 0 aliphatic heterocycles. The molecule has 0 aliphatic carbocycles. The van der Waals surface area contributed by atoms with Gasteiger partial charge in [0.2, 0.25) is 10.0 Å².